The van der Waals surface area contributed by atoms with E-state index < -0.39 is 0 Å². The van der Waals surface area contributed by atoms with E-state index in [1.54, 1.807) is 48.6 Å². The van der Waals surface area contributed by atoms with Gasteiger partial charge < -0.3 is 18.6 Å². The topological polar surface area (TPSA) is 64.7 Å². The van der Waals surface area contributed by atoms with Crippen molar-refractivity contribution in [2.24, 2.45) is 5.92 Å². The first-order valence-electron chi connectivity index (χ1n) is 8.05. The van der Waals surface area contributed by atoms with Crippen molar-refractivity contribution in [1.29, 1.82) is 0 Å². The number of amides is 1. The van der Waals surface area contributed by atoms with E-state index in [9.17, 15) is 4.79 Å². The van der Waals surface area contributed by atoms with Crippen LogP contribution in [0.4, 0.5) is 0 Å². The van der Waals surface area contributed by atoms with E-state index in [0.29, 0.717) is 36.1 Å². The van der Waals surface area contributed by atoms with Gasteiger partial charge in [-0.05, 0) is 12.1 Å². The molecule has 130 valence electrons. The molecule has 0 radical (unpaired) electrons. The van der Waals surface area contributed by atoms with Crippen molar-refractivity contribution in [1.82, 2.24) is 23.8 Å². The van der Waals surface area contributed by atoms with E-state index in [1.165, 1.54) is 0 Å². The number of methoxy groups -OCH3 is 1. The number of halogens is 1. The van der Waals surface area contributed by atoms with Crippen LogP contribution in [0.15, 0.2) is 37.1 Å². The van der Waals surface area contributed by atoms with Gasteiger partial charge in [-0.2, -0.15) is 0 Å². The Morgan fingerprint density at radius 3 is 3.08 bits per heavy atom. The van der Waals surface area contributed by atoms with Crippen molar-refractivity contribution in [2.75, 3.05) is 20.3 Å². The Bertz CT molecular complexity index is 919. The highest BCUT2D eigenvalue weighted by Crippen LogP contribution is 2.19. The van der Waals surface area contributed by atoms with Crippen LogP contribution in [0.2, 0.25) is 5.02 Å². The lowest BCUT2D eigenvalue weighted by molar-refractivity contribution is 0.0662. The molecule has 4 heterocycles. The molecule has 1 aliphatic rings. The zero-order valence-electron chi connectivity index (χ0n) is 13.8. The molecule has 8 heteroatoms. The minimum Gasteiger partial charge on any atom is -0.384 e. The quantitative estimate of drug-likeness (QED) is 0.718. The smallest absolute Gasteiger partial charge is 0.274 e. The summed E-state index contributed by atoms with van der Waals surface area (Å²) in [5, 5.41) is 0.600. The predicted octanol–water partition coefficient (Wildman–Crippen LogP) is 2.10. The summed E-state index contributed by atoms with van der Waals surface area (Å²) in [6, 6.07) is 3.56. The monoisotopic (exact) mass is 359 g/mol. The largest absolute Gasteiger partial charge is 0.384 e. The highest BCUT2D eigenvalue weighted by Gasteiger charge is 2.27. The highest BCUT2D eigenvalue weighted by molar-refractivity contribution is 6.30. The summed E-state index contributed by atoms with van der Waals surface area (Å²) in [7, 11) is 1.68. The van der Waals surface area contributed by atoms with E-state index in [4.69, 9.17) is 16.3 Å². The lowest BCUT2D eigenvalue weighted by Crippen LogP contribution is -2.35. The molecular formula is C17H18ClN5O2. The van der Waals surface area contributed by atoms with Crippen molar-refractivity contribution in [3.63, 3.8) is 0 Å². The molecule has 0 fully saturated rings. The Morgan fingerprint density at radius 2 is 2.24 bits per heavy atom. The second-order valence-electron chi connectivity index (χ2n) is 6.28. The van der Waals surface area contributed by atoms with Gasteiger partial charge in [0.25, 0.3) is 5.91 Å². The van der Waals surface area contributed by atoms with Crippen molar-refractivity contribution in [3.05, 3.63) is 53.5 Å². The number of fused-ring (bicyclic) bond motifs is 2. The number of pyridine rings is 1. The number of carbonyl (C=O) groups excluding carboxylic acids is 1. The van der Waals surface area contributed by atoms with Gasteiger partial charge in [0.05, 0.1) is 30.2 Å². The Morgan fingerprint density at radius 1 is 1.36 bits per heavy atom. The molecule has 4 rings (SSSR count). The zero-order chi connectivity index (χ0) is 17.4. The molecule has 25 heavy (non-hydrogen) atoms. The third-order valence-corrected chi connectivity index (χ3v) is 4.63. The molecule has 0 unspecified atom stereocenters. The lowest BCUT2D eigenvalue weighted by atomic mass is 10.1. The van der Waals surface area contributed by atoms with Crippen molar-refractivity contribution >= 4 is 23.2 Å². The van der Waals surface area contributed by atoms with Gasteiger partial charge >= 0.3 is 0 Å². The summed E-state index contributed by atoms with van der Waals surface area (Å²) in [6.45, 7) is 2.49. The molecule has 0 saturated heterocycles. The maximum Gasteiger partial charge on any atom is 0.274 e. The first kappa shape index (κ1) is 16.1. The van der Waals surface area contributed by atoms with Gasteiger partial charge in [0.2, 0.25) is 0 Å². The van der Waals surface area contributed by atoms with E-state index in [0.717, 1.165) is 12.2 Å². The number of nitrogens with zero attached hydrogens (tertiary/aromatic N) is 5. The third-order valence-electron chi connectivity index (χ3n) is 4.41. The number of carbonyl (C=O) groups is 1. The van der Waals surface area contributed by atoms with Crippen LogP contribution >= 0.6 is 11.6 Å². The summed E-state index contributed by atoms with van der Waals surface area (Å²) in [5.41, 5.74) is 2.12. The van der Waals surface area contributed by atoms with Crippen molar-refractivity contribution in [2.45, 2.75) is 13.1 Å². The molecule has 0 aliphatic carbocycles. The lowest BCUT2D eigenvalue weighted by Gasteiger charge is -2.23. The number of rotatable bonds is 3. The van der Waals surface area contributed by atoms with Crippen LogP contribution < -0.4 is 0 Å². The zero-order valence-corrected chi connectivity index (χ0v) is 14.6. The first-order valence-corrected chi connectivity index (χ1v) is 8.43. The van der Waals surface area contributed by atoms with Gasteiger partial charge in [0, 0.05) is 44.7 Å². The number of hydrogen-bond acceptors (Lipinski definition) is 4. The fourth-order valence-corrected chi connectivity index (χ4v) is 3.45. The fraction of sp³-hybridized carbons (Fsp3) is 0.353. The number of imidazole rings is 2. The molecule has 1 atom stereocenters. The molecule has 7 nitrogen and oxygen atoms in total. The Labute approximate surface area is 149 Å². The van der Waals surface area contributed by atoms with Gasteiger partial charge in [0.1, 0.15) is 11.3 Å². The number of hydrogen-bond donors (Lipinski definition) is 0. The summed E-state index contributed by atoms with van der Waals surface area (Å²) < 4.78 is 9.17. The van der Waals surface area contributed by atoms with Gasteiger partial charge in [0.15, 0.2) is 0 Å². The number of ether oxygens (including phenoxy) is 1. The van der Waals surface area contributed by atoms with E-state index in [2.05, 4.69) is 14.5 Å². The fourth-order valence-electron chi connectivity index (χ4n) is 3.28. The summed E-state index contributed by atoms with van der Waals surface area (Å²) in [5.74, 6) is 0.103. The third kappa shape index (κ3) is 3.12. The average molecular weight is 360 g/mol. The Kier molecular flexibility index (Phi) is 4.19. The van der Waals surface area contributed by atoms with Crippen LogP contribution in [0.5, 0.6) is 0 Å². The molecule has 3 aromatic rings. The highest BCUT2D eigenvalue weighted by atomic mass is 35.5. The maximum atomic E-state index is 13.0. The first-order chi connectivity index (χ1) is 12.1. The van der Waals surface area contributed by atoms with Gasteiger partial charge in [-0.1, -0.05) is 11.6 Å². The summed E-state index contributed by atoms with van der Waals surface area (Å²) >= 11 is 6.01. The minimum atomic E-state index is -0.101. The molecule has 0 bridgehead atoms. The Balaban J connectivity index is 1.65. The molecule has 0 saturated carbocycles. The summed E-state index contributed by atoms with van der Waals surface area (Å²) in [4.78, 5) is 23.5. The standard InChI is InChI=1S/C17H18ClN5O2/c1-25-10-12-5-22(8-14-4-19-11-23(14)6-12)17(24)15-9-21-7-13(18)2-3-16(21)20-15/h2-4,7,9,11-12H,5-6,8,10H2,1H3/t12-/m1/s1. The molecule has 0 aromatic carbocycles. The van der Waals surface area contributed by atoms with Crippen LogP contribution in [0.3, 0.4) is 0 Å². The second kappa shape index (κ2) is 6.50. The van der Waals surface area contributed by atoms with Gasteiger partial charge in [-0.15, -0.1) is 0 Å². The van der Waals surface area contributed by atoms with Crippen LogP contribution in [0.1, 0.15) is 16.2 Å². The predicted molar refractivity (Wildman–Crippen MR) is 92.5 cm³/mol. The molecule has 0 N–H and O–H groups in total. The molecular weight excluding hydrogens is 342 g/mol. The van der Waals surface area contributed by atoms with Gasteiger partial charge in [-0.3, -0.25) is 4.79 Å². The van der Waals surface area contributed by atoms with Crippen molar-refractivity contribution in [3.8, 4) is 0 Å². The van der Waals surface area contributed by atoms with Crippen LogP contribution in [-0.4, -0.2) is 50.0 Å². The van der Waals surface area contributed by atoms with E-state index >= 15 is 0 Å². The van der Waals surface area contributed by atoms with Crippen LogP contribution in [-0.2, 0) is 17.8 Å². The summed E-state index contributed by atoms with van der Waals surface area (Å²) in [6.07, 6.45) is 7.07. The SMILES string of the molecule is COC[C@@H]1CN(C(=O)c2cn3cc(Cl)ccc3n2)Cc2cncn2C1. The molecule has 0 spiro atoms. The van der Waals surface area contributed by atoms with Crippen LogP contribution in [0, 0.1) is 5.92 Å². The average Bonchev–Trinajstić information content (AvgIpc) is 3.16. The van der Waals surface area contributed by atoms with Crippen LogP contribution in [0.25, 0.3) is 5.65 Å². The van der Waals surface area contributed by atoms with Crippen molar-refractivity contribution < 1.29 is 9.53 Å². The molecule has 1 aliphatic heterocycles. The number of aromatic nitrogens is 4. The van der Waals surface area contributed by atoms with E-state index in [-0.39, 0.29) is 11.8 Å². The second-order valence-corrected chi connectivity index (χ2v) is 6.72. The van der Waals surface area contributed by atoms with Gasteiger partial charge in [-0.25, -0.2) is 9.97 Å². The Hall–Kier alpha value is -2.38. The molecule has 3 aromatic heterocycles. The van der Waals surface area contributed by atoms with E-state index in [1.807, 2.05) is 4.90 Å². The maximum absolute atomic E-state index is 13.0. The molecule has 1 amide bonds. The normalized spacial score (nSPS) is 17.5. The minimum absolute atomic E-state index is 0.101.